The molecule has 1 aromatic heterocycles. The lowest BCUT2D eigenvalue weighted by Crippen LogP contribution is -2.46. The molecule has 6 nitrogen and oxygen atoms in total. The number of hydrogen-bond acceptors (Lipinski definition) is 4. The smallest absolute Gasteiger partial charge is 0.307 e. The summed E-state index contributed by atoms with van der Waals surface area (Å²) >= 11 is 18.0. The van der Waals surface area contributed by atoms with Crippen molar-refractivity contribution in [1.29, 1.82) is 0 Å². The summed E-state index contributed by atoms with van der Waals surface area (Å²) in [5.41, 5.74) is 6.96. The second kappa shape index (κ2) is 5.31. The van der Waals surface area contributed by atoms with E-state index in [0.29, 0.717) is 21.3 Å². The fourth-order valence-corrected chi connectivity index (χ4v) is 2.79. The minimum atomic E-state index is -0.830. The molecule has 0 fully saturated rings. The number of benzene rings is 1. The second-order valence-electron chi connectivity index (χ2n) is 4.26. The normalized spacial score (nSPS) is 17.4. The van der Waals surface area contributed by atoms with E-state index < -0.39 is 12.2 Å². The van der Waals surface area contributed by atoms with Gasteiger partial charge in [-0.05, 0) is 23.7 Å². The van der Waals surface area contributed by atoms with Crippen molar-refractivity contribution in [3.8, 4) is 0 Å². The number of halogens is 3. The summed E-state index contributed by atoms with van der Waals surface area (Å²) < 4.78 is 0. The SMILES string of the molecule is NC1c2cnc(Cl)nc2NC(=O)N1c1c(Cl)cccc1Cl. The maximum Gasteiger partial charge on any atom is 0.329 e. The molecule has 9 heteroatoms. The van der Waals surface area contributed by atoms with Gasteiger partial charge >= 0.3 is 6.03 Å². The number of para-hydroxylation sites is 1. The van der Waals surface area contributed by atoms with Crippen LogP contribution in [0.15, 0.2) is 24.4 Å². The molecule has 0 saturated heterocycles. The third-order valence-corrected chi connectivity index (χ3v) is 3.80. The Bertz CT molecular complexity index is 719. The first-order valence-electron chi connectivity index (χ1n) is 5.81. The molecule has 0 bridgehead atoms. The Hall–Kier alpha value is -1.60. The van der Waals surface area contributed by atoms with Gasteiger partial charge in [0, 0.05) is 6.20 Å². The molecule has 3 rings (SSSR count). The van der Waals surface area contributed by atoms with E-state index >= 15 is 0 Å². The summed E-state index contributed by atoms with van der Waals surface area (Å²) in [5, 5.41) is 3.23. The summed E-state index contributed by atoms with van der Waals surface area (Å²) in [6.07, 6.45) is 0.621. The number of hydrogen-bond donors (Lipinski definition) is 2. The lowest BCUT2D eigenvalue weighted by atomic mass is 10.1. The molecule has 3 N–H and O–H groups in total. The second-order valence-corrected chi connectivity index (χ2v) is 5.41. The number of aromatic nitrogens is 2. The van der Waals surface area contributed by atoms with E-state index in [1.807, 2.05) is 0 Å². The van der Waals surface area contributed by atoms with Crippen LogP contribution < -0.4 is 16.0 Å². The summed E-state index contributed by atoms with van der Waals surface area (Å²) in [5.74, 6) is 0.270. The lowest BCUT2D eigenvalue weighted by Gasteiger charge is -2.34. The van der Waals surface area contributed by atoms with Crippen LogP contribution in [0.25, 0.3) is 0 Å². The Morgan fingerprint density at radius 3 is 2.57 bits per heavy atom. The average molecular weight is 345 g/mol. The van der Waals surface area contributed by atoms with Gasteiger partial charge in [-0.15, -0.1) is 0 Å². The quantitative estimate of drug-likeness (QED) is 0.776. The van der Waals surface area contributed by atoms with Crippen LogP contribution in [0.4, 0.5) is 16.3 Å². The molecule has 2 amide bonds. The first kappa shape index (κ1) is 14.3. The van der Waals surface area contributed by atoms with Gasteiger partial charge in [0.05, 0.1) is 21.3 Å². The lowest BCUT2D eigenvalue weighted by molar-refractivity contribution is 0.254. The van der Waals surface area contributed by atoms with Gasteiger partial charge in [0.15, 0.2) is 0 Å². The molecule has 108 valence electrons. The number of carbonyl (C=O) groups excluding carboxylic acids is 1. The van der Waals surface area contributed by atoms with E-state index in [9.17, 15) is 4.79 Å². The van der Waals surface area contributed by atoms with Gasteiger partial charge in [-0.25, -0.2) is 9.78 Å². The number of nitrogens with zero attached hydrogens (tertiary/aromatic N) is 3. The molecule has 1 atom stereocenters. The van der Waals surface area contributed by atoms with Gasteiger partial charge in [-0.1, -0.05) is 29.3 Å². The van der Waals surface area contributed by atoms with Crippen LogP contribution >= 0.6 is 34.8 Å². The molecule has 1 aliphatic rings. The number of urea groups is 1. The number of amides is 2. The maximum absolute atomic E-state index is 12.3. The molecule has 0 saturated carbocycles. The molecule has 2 heterocycles. The van der Waals surface area contributed by atoms with Crippen molar-refractivity contribution in [1.82, 2.24) is 9.97 Å². The number of nitrogens with two attached hydrogens (primary N) is 1. The molecular formula is C12H8Cl3N5O. The Kier molecular flexibility index (Phi) is 3.62. The minimum Gasteiger partial charge on any atom is -0.307 e. The van der Waals surface area contributed by atoms with Crippen LogP contribution in [0.3, 0.4) is 0 Å². The summed E-state index contributed by atoms with van der Waals surface area (Å²) in [4.78, 5) is 21.4. The minimum absolute atomic E-state index is 0.0190. The number of nitrogens with one attached hydrogen (secondary N) is 1. The topological polar surface area (TPSA) is 84.1 Å². The van der Waals surface area contributed by atoms with Crippen molar-refractivity contribution in [3.05, 3.63) is 45.3 Å². The number of anilines is 2. The van der Waals surface area contributed by atoms with Crippen molar-refractivity contribution < 1.29 is 4.79 Å². The largest absolute Gasteiger partial charge is 0.329 e. The van der Waals surface area contributed by atoms with E-state index in [2.05, 4.69) is 15.3 Å². The summed E-state index contributed by atoms with van der Waals surface area (Å²) in [7, 11) is 0. The third kappa shape index (κ3) is 2.40. The first-order chi connectivity index (χ1) is 9.99. The molecule has 0 spiro atoms. The summed E-state index contributed by atoms with van der Waals surface area (Å²) in [6, 6.07) is 4.42. The average Bonchev–Trinajstić information content (AvgIpc) is 2.41. The monoisotopic (exact) mass is 343 g/mol. The van der Waals surface area contributed by atoms with Crippen LogP contribution in [0.5, 0.6) is 0 Å². The predicted octanol–water partition coefficient (Wildman–Crippen LogP) is 3.45. The van der Waals surface area contributed by atoms with Crippen LogP contribution in [-0.2, 0) is 0 Å². The van der Waals surface area contributed by atoms with Gasteiger partial charge < -0.3 is 5.73 Å². The van der Waals surface area contributed by atoms with Crippen molar-refractivity contribution in [3.63, 3.8) is 0 Å². The molecule has 2 aromatic rings. The summed E-state index contributed by atoms with van der Waals surface area (Å²) in [6.45, 7) is 0. The highest BCUT2D eigenvalue weighted by Gasteiger charge is 2.34. The zero-order chi connectivity index (χ0) is 15.1. The van der Waals surface area contributed by atoms with Crippen molar-refractivity contribution >= 4 is 52.3 Å². The Morgan fingerprint density at radius 1 is 1.24 bits per heavy atom. The molecule has 0 aliphatic carbocycles. The van der Waals surface area contributed by atoms with Gasteiger partial charge in [-0.2, -0.15) is 4.98 Å². The van der Waals surface area contributed by atoms with Crippen molar-refractivity contribution in [2.24, 2.45) is 5.73 Å². The number of fused-ring (bicyclic) bond motifs is 1. The highest BCUT2D eigenvalue weighted by atomic mass is 35.5. The van der Waals surface area contributed by atoms with Crippen LogP contribution in [0, 0.1) is 0 Å². The van der Waals surface area contributed by atoms with Crippen molar-refractivity contribution in [2.45, 2.75) is 6.17 Å². The van der Waals surface area contributed by atoms with E-state index in [1.165, 1.54) is 11.1 Å². The zero-order valence-electron chi connectivity index (χ0n) is 10.3. The van der Waals surface area contributed by atoms with E-state index in [-0.39, 0.29) is 11.1 Å². The fourth-order valence-electron chi connectivity index (χ4n) is 2.07. The molecule has 21 heavy (non-hydrogen) atoms. The molecule has 0 radical (unpaired) electrons. The van der Waals surface area contributed by atoms with E-state index in [4.69, 9.17) is 40.5 Å². The Morgan fingerprint density at radius 2 is 1.90 bits per heavy atom. The Balaban J connectivity index is 2.13. The van der Waals surface area contributed by atoms with E-state index in [1.54, 1.807) is 18.2 Å². The molecular weight excluding hydrogens is 337 g/mol. The third-order valence-electron chi connectivity index (χ3n) is 3.01. The van der Waals surface area contributed by atoms with Gasteiger partial charge in [0.25, 0.3) is 0 Å². The maximum atomic E-state index is 12.3. The van der Waals surface area contributed by atoms with Crippen molar-refractivity contribution in [2.75, 3.05) is 10.2 Å². The molecule has 1 aromatic carbocycles. The highest BCUT2D eigenvalue weighted by molar-refractivity contribution is 6.40. The van der Waals surface area contributed by atoms with Crippen LogP contribution in [0.1, 0.15) is 11.7 Å². The number of rotatable bonds is 1. The fraction of sp³-hybridized carbons (Fsp3) is 0.0833. The number of carbonyl (C=O) groups is 1. The molecule has 1 unspecified atom stereocenters. The highest BCUT2D eigenvalue weighted by Crippen LogP contribution is 2.40. The first-order valence-corrected chi connectivity index (χ1v) is 6.94. The Labute approximate surface area is 134 Å². The van der Waals surface area contributed by atoms with Crippen LogP contribution in [0.2, 0.25) is 15.3 Å². The van der Waals surface area contributed by atoms with Gasteiger partial charge in [0.1, 0.15) is 12.0 Å². The van der Waals surface area contributed by atoms with Gasteiger partial charge in [-0.3, -0.25) is 10.2 Å². The molecule has 1 aliphatic heterocycles. The standard InChI is InChI=1S/C12H8Cl3N5O/c13-6-2-1-3-7(14)8(6)20-9(16)5-4-17-11(15)18-10(5)19-12(20)21/h1-4,9H,16H2,(H,17,18,19,21). The van der Waals surface area contributed by atoms with Gasteiger partial charge in [0.2, 0.25) is 5.28 Å². The van der Waals surface area contributed by atoms with Crippen LogP contribution in [-0.4, -0.2) is 16.0 Å². The zero-order valence-corrected chi connectivity index (χ0v) is 12.6. The predicted molar refractivity (Wildman–Crippen MR) is 81.9 cm³/mol. The van der Waals surface area contributed by atoms with E-state index in [0.717, 1.165) is 0 Å².